The van der Waals surface area contributed by atoms with E-state index < -0.39 is 6.10 Å². The van der Waals surface area contributed by atoms with Crippen LogP contribution >= 0.6 is 0 Å². The predicted molar refractivity (Wildman–Crippen MR) is 84.6 cm³/mol. The number of hydrogen-bond acceptors (Lipinski definition) is 3. The van der Waals surface area contributed by atoms with E-state index >= 15 is 0 Å². The molecular formula is C17H27NO3. The minimum absolute atomic E-state index is 0.0969. The minimum Gasteiger partial charge on any atom is -0.481 e. The Kier molecular flexibility index (Phi) is 7.83. The highest BCUT2D eigenvalue weighted by Gasteiger charge is 2.13. The number of carbonyl (C=O) groups excluding carboxylic acids is 1. The Hall–Kier alpha value is -1.55. The topological polar surface area (TPSA) is 47.6 Å². The zero-order valence-corrected chi connectivity index (χ0v) is 13.5. The van der Waals surface area contributed by atoms with Crippen LogP contribution in [0.25, 0.3) is 0 Å². The van der Waals surface area contributed by atoms with E-state index in [1.54, 1.807) is 6.92 Å². The number of carbonyl (C=O) groups is 1. The van der Waals surface area contributed by atoms with E-state index in [0.717, 1.165) is 24.3 Å². The van der Waals surface area contributed by atoms with E-state index in [2.05, 4.69) is 19.2 Å². The summed E-state index contributed by atoms with van der Waals surface area (Å²) in [6.07, 6.45) is 0.318. The molecule has 0 aliphatic heterocycles. The van der Waals surface area contributed by atoms with Gasteiger partial charge >= 0.3 is 0 Å². The molecule has 0 aliphatic rings. The lowest BCUT2D eigenvalue weighted by molar-refractivity contribution is -0.127. The second kappa shape index (κ2) is 9.40. The molecule has 1 rings (SSSR count). The highest BCUT2D eigenvalue weighted by Crippen LogP contribution is 2.14. The first-order valence-corrected chi connectivity index (χ1v) is 7.58. The molecule has 1 aromatic carbocycles. The summed E-state index contributed by atoms with van der Waals surface area (Å²) in [7, 11) is 0. The Labute approximate surface area is 127 Å². The summed E-state index contributed by atoms with van der Waals surface area (Å²) in [5.41, 5.74) is 1.11. The summed E-state index contributed by atoms with van der Waals surface area (Å²) in [6, 6.07) is 7.69. The third kappa shape index (κ3) is 7.71. The van der Waals surface area contributed by atoms with Crippen LogP contribution in [0.2, 0.25) is 0 Å². The summed E-state index contributed by atoms with van der Waals surface area (Å²) < 4.78 is 11.1. The molecule has 0 radical (unpaired) electrons. The summed E-state index contributed by atoms with van der Waals surface area (Å²) >= 11 is 0. The van der Waals surface area contributed by atoms with Crippen molar-refractivity contribution in [3.05, 3.63) is 29.8 Å². The Bertz CT molecular complexity index is 432. The standard InChI is InChI=1S/C17H27NO3/c1-13(2)12-20-10-6-9-18-17(19)15(4)21-16-8-5-7-14(3)11-16/h5,7-8,11,13,15H,6,9-10,12H2,1-4H3,(H,18,19). The molecule has 1 amide bonds. The van der Waals surface area contributed by atoms with Gasteiger partial charge in [-0.3, -0.25) is 4.79 Å². The first-order valence-electron chi connectivity index (χ1n) is 7.58. The number of benzene rings is 1. The van der Waals surface area contributed by atoms with Crippen molar-refractivity contribution in [3.8, 4) is 5.75 Å². The van der Waals surface area contributed by atoms with Crippen LogP contribution in [0.15, 0.2) is 24.3 Å². The van der Waals surface area contributed by atoms with Gasteiger partial charge in [-0.1, -0.05) is 26.0 Å². The average molecular weight is 293 g/mol. The molecule has 0 bridgehead atoms. The van der Waals surface area contributed by atoms with Crippen molar-refractivity contribution >= 4 is 5.91 Å². The summed E-state index contributed by atoms with van der Waals surface area (Å²) in [4.78, 5) is 11.9. The third-order valence-corrected chi connectivity index (χ3v) is 2.89. The average Bonchev–Trinajstić information content (AvgIpc) is 2.42. The van der Waals surface area contributed by atoms with Gasteiger partial charge in [-0.15, -0.1) is 0 Å². The highest BCUT2D eigenvalue weighted by molar-refractivity contribution is 5.80. The van der Waals surface area contributed by atoms with E-state index in [1.807, 2.05) is 31.2 Å². The zero-order valence-electron chi connectivity index (χ0n) is 13.5. The summed E-state index contributed by atoms with van der Waals surface area (Å²) in [6.45, 7) is 10.0. The molecule has 0 aromatic heterocycles. The minimum atomic E-state index is -0.497. The second-order valence-electron chi connectivity index (χ2n) is 5.69. The van der Waals surface area contributed by atoms with E-state index in [-0.39, 0.29) is 5.91 Å². The maximum Gasteiger partial charge on any atom is 0.260 e. The van der Waals surface area contributed by atoms with E-state index in [0.29, 0.717) is 19.1 Å². The fraction of sp³-hybridized carbons (Fsp3) is 0.588. The van der Waals surface area contributed by atoms with Crippen molar-refractivity contribution in [3.63, 3.8) is 0 Å². The van der Waals surface area contributed by atoms with E-state index in [4.69, 9.17) is 9.47 Å². The monoisotopic (exact) mass is 293 g/mol. The molecule has 21 heavy (non-hydrogen) atoms. The Morgan fingerprint density at radius 2 is 2.05 bits per heavy atom. The van der Waals surface area contributed by atoms with Crippen LogP contribution in [-0.2, 0) is 9.53 Å². The molecule has 0 fully saturated rings. The van der Waals surface area contributed by atoms with Crippen LogP contribution in [-0.4, -0.2) is 31.8 Å². The van der Waals surface area contributed by atoms with Gasteiger partial charge in [0.2, 0.25) is 0 Å². The maximum absolute atomic E-state index is 11.9. The first-order chi connectivity index (χ1) is 9.99. The van der Waals surface area contributed by atoms with Crippen molar-refractivity contribution < 1.29 is 14.3 Å². The van der Waals surface area contributed by atoms with Gasteiger partial charge in [0.25, 0.3) is 5.91 Å². The predicted octanol–water partition coefficient (Wildman–Crippen LogP) is 2.94. The van der Waals surface area contributed by atoms with E-state index in [9.17, 15) is 4.79 Å². The van der Waals surface area contributed by atoms with E-state index in [1.165, 1.54) is 0 Å². The lowest BCUT2D eigenvalue weighted by Crippen LogP contribution is -2.37. The van der Waals surface area contributed by atoms with Crippen molar-refractivity contribution in [1.29, 1.82) is 0 Å². The molecule has 0 aliphatic carbocycles. The Morgan fingerprint density at radius 1 is 1.29 bits per heavy atom. The summed E-state index contributed by atoms with van der Waals surface area (Å²) in [5, 5.41) is 2.86. The van der Waals surface area contributed by atoms with Gasteiger partial charge in [0.15, 0.2) is 6.10 Å². The van der Waals surface area contributed by atoms with Crippen molar-refractivity contribution in [1.82, 2.24) is 5.32 Å². The van der Waals surface area contributed by atoms with Gasteiger partial charge in [-0.05, 0) is 43.9 Å². The van der Waals surface area contributed by atoms with Crippen LogP contribution in [0, 0.1) is 12.8 Å². The Balaban J connectivity index is 2.19. The van der Waals surface area contributed by atoms with Gasteiger partial charge in [-0.25, -0.2) is 0 Å². The number of aryl methyl sites for hydroxylation is 1. The maximum atomic E-state index is 11.9. The number of amides is 1. The van der Waals surface area contributed by atoms with Gasteiger partial charge < -0.3 is 14.8 Å². The lowest BCUT2D eigenvalue weighted by atomic mass is 10.2. The third-order valence-electron chi connectivity index (χ3n) is 2.89. The molecule has 0 heterocycles. The SMILES string of the molecule is Cc1cccc(OC(C)C(=O)NCCCOCC(C)C)c1. The largest absolute Gasteiger partial charge is 0.481 e. The zero-order chi connectivity index (χ0) is 15.7. The fourth-order valence-electron chi connectivity index (χ4n) is 1.79. The van der Waals surface area contributed by atoms with Gasteiger partial charge in [-0.2, -0.15) is 0 Å². The van der Waals surface area contributed by atoms with Crippen molar-refractivity contribution in [2.24, 2.45) is 5.92 Å². The first kappa shape index (κ1) is 17.5. The number of ether oxygens (including phenoxy) is 2. The molecule has 4 nitrogen and oxygen atoms in total. The van der Waals surface area contributed by atoms with Crippen molar-refractivity contribution in [2.45, 2.75) is 40.2 Å². The van der Waals surface area contributed by atoms with Crippen LogP contribution < -0.4 is 10.1 Å². The molecule has 0 spiro atoms. The van der Waals surface area contributed by atoms with Gasteiger partial charge in [0.1, 0.15) is 5.75 Å². The molecule has 1 N–H and O–H groups in total. The number of nitrogens with one attached hydrogen (secondary N) is 1. The molecular weight excluding hydrogens is 266 g/mol. The second-order valence-corrected chi connectivity index (χ2v) is 5.69. The number of rotatable bonds is 9. The molecule has 118 valence electrons. The molecule has 1 atom stereocenters. The van der Waals surface area contributed by atoms with Crippen LogP contribution in [0.1, 0.15) is 32.8 Å². The van der Waals surface area contributed by atoms with Crippen molar-refractivity contribution in [2.75, 3.05) is 19.8 Å². The van der Waals surface area contributed by atoms with Crippen LogP contribution in [0.5, 0.6) is 5.75 Å². The van der Waals surface area contributed by atoms with Gasteiger partial charge in [0.05, 0.1) is 0 Å². The van der Waals surface area contributed by atoms with Crippen LogP contribution in [0.3, 0.4) is 0 Å². The molecule has 4 heteroatoms. The normalized spacial score (nSPS) is 12.2. The quantitative estimate of drug-likeness (QED) is 0.712. The fourth-order valence-corrected chi connectivity index (χ4v) is 1.79. The number of hydrogen-bond donors (Lipinski definition) is 1. The molecule has 0 saturated heterocycles. The lowest BCUT2D eigenvalue weighted by Gasteiger charge is -2.15. The molecule has 1 aromatic rings. The smallest absolute Gasteiger partial charge is 0.260 e. The Morgan fingerprint density at radius 3 is 2.71 bits per heavy atom. The highest BCUT2D eigenvalue weighted by atomic mass is 16.5. The van der Waals surface area contributed by atoms with Gasteiger partial charge in [0, 0.05) is 19.8 Å². The van der Waals surface area contributed by atoms with Crippen LogP contribution in [0.4, 0.5) is 0 Å². The molecule has 0 saturated carbocycles. The summed E-state index contributed by atoms with van der Waals surface area (Å²) in [5.74, 6) is 1.17. The molecule has 1 unspecified atom stereocenters.